The van der Waals surface area contributed by atoms with Crippen LogP contribution >= 0.6 is 0 Å². The predicted molar refractivity (Wildman–Crippen MR) is 118 cm³/mol. The minimum absolute atomic E-state index is 0.00492. The molecule has 12 heteroatoms. The zero-order chi connectivity index (χ0) is 24.5. The van der Waals surface area contributed by atoms with E-state index in [1.54, 1.807) is 6.20 Å². The maximum Gasteiger partial charge on any atom is 0.326 e. The van der Waals surface area contributed by atoms with Gasteiger partial charge in [-0.25, -0.2) is 4.79 Å². The molecule has 0 aliphatic carbocycles. The van der Waals surface area contributed by atoms with Gasteiger partial charge in [-0.1, -0.05) is 18.2 Å². The van der Waals surface area contributed by atoms with Crippen molar-refractivity contribution in [3.05, 3.63) is 36.0 Å². The van der Waals surface area contributed by atoms with Crippen LogP contribution in [0.5, 0.6) is 0 Å². The predicted octanol–water partition coefficient (Wildman–Crippen LogP) is -1.38. The maximum absolute atomic E-state index is 12.8. The number of aromatic amines is 1. The van der Waals surface area contributed by atoms with Crippen molar-refractivity contribution in [3.8, 4) is 0 Å². The fraction of sp³-hybridized carbons (Fsp3) is 0.381. The number of carboxylic acid groups (broad SMARTS) is 1. The number of carboxylic acids is 1. The molecule has 3 atom stereocenters. The van der Waals surface area contributed by atoms with Gasteiger partial charge in [0, 0.05) is 36.4 Å². The lowest BCUT2D eigenvalue weighted by Crippen LogP contribution is -2.52. The Labute approximate surface area is 189 Å². The fourth-order valence-corrected chi connectivity index (χ4v) is 3.24. The SMILES string of the molecule is NC(=O)CC[C@H](NC(=O)CC[C@@H](N)C(N)=O)C(=O)N[C@@H](Cc1c[nH]c2ccccc12)C(=O)O. The number of rotatable bonds is 13. The highest BCUT2D eigenvalue weighted by Gasteiger charge is 2.28. The van der Waals surface area contributed by atoms with E-state index in [0.717, 1.165) is 10.9 Å². The second-order valence-electron chi connectivity index (χ2n) is 7.64. The summed E-state index contributed by atoms with van der Waals surface area (Å²) in [6.07, 6.45) is 1.09. The molecule has 1 aromatic carbocycles. The van der Waals surface area contributed by atoms with Crippen molar-refractivity contribution in [3.63, 3.8) is 0 Å². The van der Waals surface area contributed by atoms with Gasteiger partial charge in [0.25, 0.3) is 0 Å². The molecule has 10 N–H and O–H groups in total. The summed E-state index contributed by atoms with van der Waals surface area (Å²) in [6.45, 7) is 0. The molecular weight excluding hydrogens is 432 g/mol. The molecule has 12 nitrogen and oxygen atoms in total. The van der Waals surface area contributed by atoms with Crippen LogP contribution in [0.2, 0.25) is 0 Å². The van der Waals surface area contributed by atoms with Crippen LogP contribution in [-0.4, -0.2) is 57.8 Å². The third-order valence-corrected chi connectivity index (χ3v) is 5.09. The topological polar surface area (TPSA) is 223 Å². The van der Waals surface area contributed by atoms with Gasteiger partial charge in [-0.2, -0.15) is 0 Å². The first kappa shape index (κ1) is 25.3. The molecule has 0 aliphatic rings. The largest absolute Gasteiger partial charge is 0.480 e. The molecule has 0 bridgehead atoms. The summed E-state index contributed by atoms with van der Waals surface area (Å²) in [5.74, 6) is -4.12. The quantitative estimate of drug-likeness (QED) is 0.189. The van der Waals surface area contributed by atoms with Gasteiger partial charge < -0.3 is 37.9 Å². The minimum Gasteiger partial charge on any atom is -0.480 e. The van der Waals surface area contributed by atoms with Crippen molar-refractivity contribution in [2.24, 2.45) is 17.2 Å². The number of amides is 4. The summed E-state index contributed by atoms with van der Waals surface area (Å²) < 4.78 is 0. The van der Waals surface area contributed by atoms with Crippen LogP contribution < -0.4 is 27.8 Å². The Balaban J connectivity index is 2.08. The Bertz CT molecular complexity index is 1040. The van der Waals surface area contributed by atoms with Crippen molar-refractivity contribution in [2.45, 2.75) is 50.2 Å². The summed E-state index contributed by atoms with van der Waals surface area (Å²) in [4.78, 5) is 62.1. The standard InChI is InChI=1S/C21H28N6O6/c22-13(19(24)30)5-8-18(29)26-15(6-7-17(23)28)20(31)27-16(21(32)33)9-11-10-25-14-4-2-1-3-12(11)14/h1-4,10,13,15-16,25H,5-9,22H2,(H2,23,28)(H2,24,30)(H,26,29)(H,27,31)(H,32,33)/t13-,15+,16+/m1/s1. The van der Waals surface area contributed by atoms with Gasteiger partial charge in [-0.3, -0.25) is 19.2 Å². The number of H-pyrrole nitrogens is 1. The molecule has 0 radical (unpaired) electrons. The molecule has 0 saturated carbocycles. The van der Waals surface area contributed by atoms with Crippen LogP contribution in [0.15, 0.2) is 30.5 Å². The third-order valence-electron chi connectivity index (χ3n) is 5.09. The first-order valence-corrected chi connectivity index (χ1v) is 10.3. The number of aliphatic carboxylic acids is 1. The number of nitrogens with two attached hydrogens (primary N) is 3. The maximum atomic E-state index is 12.8. The van der Waals surface area contributed by atoms with Gasteiger partial charge in [-0.15, -0.1) is 0 Å². The van der Waals surface area contributed by atoms with Crippen molar-refractivity contribution >= 4 is 40.5 Å². The van der Waals surface area contributed by atoms with Gasteiger partial charge >= 0.3 is 5.97 Å². The molecular formula is C21H28N6O6. The zero-order valence-corrected chi connectivity index (χ0v) is 17.9. The van der Waals surface area contributed by atoms with Crippen LogP contribution in [0.25, 0.3) is 10.9 Å². The van der Waals surface area contributed by atoms with Crippen molar-refractivity contribution in [1.82, 2.24) is 15.6 Å². The first-order chi connectivity index (χ1) is 15.6. The highest BCUT2D eigenvalue weighted by atomic mass is 16.4. The summed E-state index contributed by atoms with van der Waals surface area (Å²) in [5.41, 5.74) is 17.2. The van der Waals surface area contributed by atoms with Crippen LogP contribution in [0.1, 0.15) is 31.2 Å². The lowest BCUT2D eigenvalue weighted by Gasteiger charge is -2.21. The lowest BCUT2D eigenvalue weighted by atomic mass is 10.0. The first-order valence-electron chi connectivity index (χ1n) is 10.3. The highest BCUT2D eigenvalue weighted by molar-refractivity contribution is 5.92. The van der Waals surface area contributed by atoms with Crippen LogP contribution in [0, 0.1) is 0 Å². The van der Waals surface area contributed by atoms with Crippen LogP contribution in [0.3, 0.4) is 0 Å². The molecule has 0 spiro atoms. The summed E-state index contributed by atoms with van der Waals surface area (Å²) in [5, 5.41) is 15.3. The second kappa shape index (κ2) is 11.6. The number of para-hydroxylation sites is 1. The zero-order valence-electron chi connectivity index (χ0n) is 17.9. The second-order valence-corrected chi connectivity index (χ2v) is 7.64. The fourth-order valence-electron chi connectivity index (χ4n) is 3.24. The van der Waals surface area contributed by atoms with E-state index in [0.29, 0.717) is 5.56 Å². The van der Waals surface area contributed by atoms with E-state index in [2.05, 4.69) is 15.6 Å². The Hall–Kier alpha value is -3.93. The summed E-state index contributed by atoms with van der Waals surface area (Å²) in [7, 11) is 0. The van der Waals surface area contributed by atoms with E-state index in [9.17, 15) is 29.1 Å². The van der Waals surface area contributed by atoms with Gasteiger partial charge in [0.15, 0.2) is 0 Å². The Morgan fingerprint density at radius 2 is 1.67 bits per heavy atom. The smallest absolute Gasteiger partial charge is 0.326 e. The number of aromatic nitrogens is 1. The van der Waals surface area contributed by atoms with Crippen LogP contribution in [0.4, 0.5) is 0 Å². The van der Waals surface area contributed by atoms with E-state index < -0.39 is 47.7 Å². The van der Waals surface area contributed by atoms with Gasteiger partial charge in [-0.05, 0) is 24.5 Å². The number of nitrogens with one attached hydrogen (secondary N) is 3. The molecule has 0 aliphatic heterocycles. The van der Waals surface area contributed by atoms with Crippen molar-refractivity contribution in [2.75, 3.05) is 0 Å². The normalized spacial score (nSPS) is 13.6. The molecule has 0 unspecified atom stereocenters. The van der Waals surface area contributed by atoms with Crippen molar-refractivity contribution < 1.29 is 29.1 Å². The van der Waals surface area contributed by atoms with E-state index in [-0.39, 0.29) is 32.1 Å². The average molecular weight is 460 g/mol. The molecule has 2 rings (SSSR count). The monoisotopic (exact) mass is 460 g/mol. The van der Waals surface area contributed by atoms with Gasteiger partial charge in [0.1, 0.15) is 12.1 Å². The average Bonchev–Trinajstić information content (AvgIpc) is 3.16. The summed E-state index contributed by atoms with van der Waals surface area (Å²) >= 11 is 0. The van der Waals surface area contributed by atoms with Gasteiger partial charge in [0.2, 0.25) is 23.6 Å². The molecule has 2 aromatic rings. The highest BCUT2D eigenvalue weighted by Crippen LogP contribution is 2.19. The van der Waals surface area contributed by atoms with Crippen molar-refractivity contribution in [1.29, 1.82) is 0 Å². The summed E-state index contributed by atoms with van der Waals surface area (Å²) in [6, 6.07) is 3.80. The molecule has 33 heavy (non-hydrogen) atoms. The number of carbonyl (C=O) groups excluding carboxylic acids is 4. The molecule has 1 heterocycles. The molecule has 178 valence electrons. The molecule has 4 amide bonds. The lowest BCUT2D eigenvalue weighted by molar-refractivity contribution is -0.142. The molecule has 0 saturated heterocycles. The number of hydrogen-bond acceptors (Lipinski definition) is 6. The van der Waals surface area contributed by atoms with E-state index in [4.69, 9.17) is 17.2 Å². The number of primary amides is 2. The number of benzene rings is 1. The number of carbonyl (C=O) groups is 5. The molecule has 0 fully saturated rings. The number of hydrogen-bond donors (Lipinski definition) is 7. The Morgan fingerprint density at radius 1 is 0.970 bits per heavy atom. The Morgan fingerprint density at radius 3 is 2.30 bits per heavy atom. The van der Waals surface area contributed by atoms with Gasteiger partial charge in [0.05, 0.1) is 6.04 Å². The van der Waals surface area contributed by atoms with E-state index >= 15 is 0 Å². The van der Waals surface area contributed by atoms with E-state index in [1.165, 1.54) is 0 Å². The minimum atomic E-state index is -1.28. The number of fused-ring (bicyclic) bond motifs is 1. The third kappa shape index (κ3) is 7.61. The molecule has 1 aromatic heterocycles. The van der Waals surface area contributed by atoms with Crippen LogP contribution in [-0.2, 0) is 30.4 Å². The Kier molecular flexibility index (Phi) is 8.92. The van der Waals surface area contributed by atoms with E-state index in [1.807, 2.05) is 24.3 Å².